The molecule has 0 N–H and O–H groups in total. The average molecular weight is 242 g/mol. The molecule has 0 fully saturated rings. The molecule has 0 aliphatic heterocycles. The SMILES string of the molecule is COC(=CC(=O)C(F)(F)F)C(C)(OC)OC. The van der Waals surface area contributed by atoms with E-state index in [1.54, 1.807) is 0 Å². The molecule has 0 atom stereocenters. The first kappa shape index (κ1) is 14.9. The average Bonchev–Trinajstić information content (AvgIpc) is 2.23. The van der Waals surface area contributed by atoms with Crippen LogP contribution in [-0.2, 0) is 19.0 Å². The molecule has 0 saturated heterocycles. The number of hydrogen-bond donors (Lipinski definition) is 0. The minimum atomic E-state index is -4.95. The molecule has 0 aliphatic rings. The fourth-order valence-electron chi connectivity index (χ4n) is 0.861. The normalized spacial score (nSPS) is 13.8. The molecule has 0 aromatic heterocycles. The highest BCUT2D eigenvalue weighted by Crippen LogP contribution is 2.25. The van der Waals surface area contributed by atoms with Gasteiger partial charge in [-0.2, -0.15) is 13.2 Å². The van der Waals surface area contributed by atoms with Gasteiger partial charge >= 0.3 is 6.18 Å². The highest BCUT2D eigenvalue weighted by atomic mass is 19.4. The topological polar surface area (TPSA) is 44.8 Å². The van der Waals surface area contributed by atoms with E-state index in [0.717, 1.165) is 7.11 Å². The van der Waals surface area contributed by atoms with E-state index in [1.165, 1.54) is 21.1 Å². The van der Waals surface area contributed by atoms with Gasteiger partial charge in [0.05, 0.1) is 7.11 Å². The third-order valence-corrected chi connectivity index (χ3v) is 1.99. The maximum atomic E-state index is 12.0. The Hall–Kier alpha value is -1.08. The molecule has 0 radical (unpaired) electrons. The van der Waals surface area contributed by atoms with Gasteiger partial charge in [-0.05, 0) is 6.92 Å². The van der Waals surface area contributed by atoms with Crippen molar-refractivity contribution >= 4 is 5.78 Å². The molecule has 0 spiro atoms. The molecule has 0 heterocycles. The van der Waals surface area contributed by atoms with Gasteiger partial charge in [-0.25, -0.2) is 0 Å². The van der Waals surface area contributed by atoms with Crippen LogP contribution in [0.15, 0.2) is 11.8 Å². The molecule has 0 rings (SSSR count). The summed E-state index contributed by atoms with van der Waals surface area (Å²) < 4.78 is 50.3. The van der Waals surface area contributed by atoms with Gasteiger partial charge in [-0.15, -0.1) is 0 Å². The van der Waals surface area contributed by atoms with E-state index >= 15 is 0 Å². The first-order valence-corrected chi connectivity index (χ1v) is 4.19. The van der Waals surface area contributed by atoms with Crippen molar-refractivity contribution in [1.82, 2.24) is 0 Å². The lowest BCUT2D eigenvalue weighted by atomic mass is 10.2. The third-order valence-electron chi connectivity index (χ3n) is 1.99. The second-order valence-corrected chi connectivity index (χ2v) is 2.93. The standard InChI is InChI=1S/C9H13F3O4/c1-8(15-3,16-4)7(14-2)5-6(13)9(10,11)12/h5H,1-4H3. The number of halogens is 3. The lowest BCUT2D eigenvalue weighted by Gasteiger charge is -2.27. The van der Waals surface area contributed by atoms with E-state index in [1.807, 2.05) is 0 Å². The van der Waals surface area contributed by atoms with Crippen molar-refractivity contribution in [3.63, 3.8) is 0 Å². The van der Waals surface area contributed by atoms with E-state index in [2.05, 4.69) is 4.74 Å². The van der Waals surface area contributed by atoms with Crippen LogP contribution < -0.4 is 0 Å². The van der Waals surface area contributed by atoms with Crippen LogP contribution in [-0.4, -0.2) is 39.1 Å². The van der Waals surface area contributed by atoms with E-state index in [9.17, 15) is 18.0 Å². The molecule has 4 nitrogen and oxygen atoms in total. The Morgan fingerprint density at radius 2 is 1.56 bits per heavy atom. The number of hydrogen-bond acceptors (Lipinski definition) is 4. The first-order valence-electron chi connectivity index (χ1n) is 4.19. The number of ketones is 1. The summed E-state index contributed by atoms with van der Waals surface area (Å²) in [5.41, 5.74) is 0. The second kappa shape index (κ2) is 5.31. The summed E-state index contributed by atoms with van der Waals surface area (Å²) in [5.74, 6) is -3.93. The molecule has 16 heavy (non-hydrogen) atoms. The van der Waals surface area contributed by atoms with Gasteiger partial charge in [-0.1, -0.05) is 0 Å². The summed E-state index contributed by atoms with van der Waals surface area (Å²) in [5, 5.41) is 0. The minimum Gasteiger partial charge on any atom is -0.495 e. The van der Waals surface area contributed by atoms with Crippen molar-refractivity contribution in [2.75, 3.05) is 21.3 Å². The Morgan fingerprint density at radius 3 is 1.81 bits per heavy atom. The molecule has 0 aromatic rings. The van der Waals surface area contributed by atoms with E-state index in [0.29, 0.717) is 6.08 Å². The Balaban J connectivity index is 5.14. The fraction of sp³-hybridized carbons (Fsp3) is 0.667. The lowest BCUT2D eigenvalue weighted by molar-refractivity contribution is -0.189. The van der Waals surface area contributed by atoms with Gasteiger partial charge in [0.25, 0.3) is 5.78 Å². The maximum absolute atomic E-state index is 12.0. The molecule has 0 aliphatic carbocycles. The van der Waals surface area contributed by atoms with Crippen molar-refractivity contribution in [3.05, 3.63) is 11.8 Å². The van der Waals surface area contributed by atoms with Crippen LogP contribution in [0.5, 0.6) is 0 Å². The van der Waals surface area contributed by atoms with Crippen LogP contribution in [0.3, 0.4) is 0 Å². The number of allylic oxidation sites excluding steroid dienone is 1. The molecular formula is C9H13F3O4. The van der Waals surface area contributed by atoms with Gasteiger partial charge in [0, 0.05) is 20.3 Å². The summed E-state index contributed by atoms with van der Waals surface area (Å²) in [6, 6.07) is 0. The number of methoxy groups -OCH3 is 3. The van der Waals surface area contributed by atoms with Crippen LogP contribution in [0.25, 0.3) is 0 Å². The van der Waals surface area contributed by atoms with Crippen LogP contribution in [0.4, 0.5) is 13.2 Å². The van der Waals surface area contributed by atoms with Crippen LogP contribution in [0.1, 0.15) is 6.92 Å². The Bertz CT molecular complexity index is 279. The van der Waals surface area contributed by atoms with E-state index < -0.39 is 17.7 Å². The lowest BCUT2D eigenvalue weighted by Crippen LogP contribution is -2.34. The van der Waals surface area contributed by atoms with E-state index in [4.69, 9.17) is 9.47 Å². The fourth-order valence-corrected chi connectivity index (χ4v) is 0.861. The quantitative estimate of drug-likeness (QED) is 0.418. The Morgan fingerprint density at radius 1 is 1.12 bits per heavy atom. The Kier molecular flexibility index (Phi) is 4.95. The first-order chi connectivity index (χ1) is 7.21. The van der Waals surface area contributed by atoms with Gasteiger partial charge in [0.15, 0.2) is 5.76 Å². The molecule has 7 heteroatoms. The predicted molar refractivity (Wildman–Crippen MR) is 48.6 cm³/mol. The van der Waals surface area contributed by atoms with Crippen LogP contribution in [0.2, 0.25) is 0 Å². The number of carbonyl (C=O) groups excluding carboxylic acids is 1. The highest BCUT2D eigenvalue weighted by Gasteiger charge is 2.40. The number of ether oxygens (including phenoxy) is 3. The summed E-state index contributed by atoms with van der Waals surface area (Å²) in [7, 11) is 3.55. The molecule has 0 aromatic carbocycles. The molecule has 94 valence electrons. The predicted octanol–water partition coefficient (Wildman–Crippen LogP) is 1.66. The van der Waals surface area contributed by atoms with Crippen molar-refractivity contribution in [1.29, 1.82) is 0 Å². The summed E-state index contributed by atoms with van der Waals surface area (Å²) in [6.45, 7) is 1.33. The van der Waals surface area contributed by atoms with Crippen LogP contribution in [0, 0.1) is 0 Å². The van der Waals surface area contributed by atoms with Crippen molar-refractivity contribution < 1.29 is 32.2 Å². The van der Waals surface area contributed by atoms with Gasteiger partial charge in [0.2, 0.25) is 5.79 Å². The molecule has 0 saturated carbocycles. The van der Waals surface area contributed by atoms with Gasteiger partial charge in [0.1, 0.15) is 0 Å². The zero-order chi connectivity index (χ0) is 13.0. The van der Waals surface area contributed by atoms with Crippen molar-refractivity contribution in [3.8, 4) is 0 Å². The largest absolute Gasteiger partial charge is 0.495 e. The molecule has 0 bridgehead atoms. The summed E-state index contributed by atoms with van der Waals surface area (Å²) >= 11 is 0. The highest BCUT2D eigenvalue weighted by molar-refractivity contribution is 5.94. The van der Waals surface area contributed by atoms with Gasteiger partial charge in [-0.3, -0.25) is 4.79 Å². The van der Waals surface area contributed by atoms with Gasteiger partial charge < -0.3 is 14.2 Å². The zero-order valence-corrected chi connectivity index (χ0v) is 9.34. The van der Waals surface area contributed by atoms with Crippen LogP contribution >= 0.6 is 0 Å². The number of rotatable bonds is 5. The maximum Gasteiger partial charge on any atom is 0.454 e. The second-order valence-electron chi connectivity index (χ2n) is 2.93. The number of carbonyl (C=O) groups is 1. The Labute approximate surface area is 91.0 Å². The molecular weight excluding hydrogens is 229 g/mol. The molecule has 0 amide bonds. The van der Waals surface area contributed by atoms with E-state index in [-0.39, 0.29) is 5.76 Å². The van der Waals surface area contributed by atoms with Crippen molar-refractivity contribution in [2.45, 2.75) is 18.9 Å². The summed E-state index contributed by atoms with van der Waals surface area (Å²) in [4.78, 5) is 10.7. The smallest absolute Gasteiger partial charge is 0.454 e. The number of alkyl halides is 3. The third kappa shape index (κ3) is 3.49. The van der Waals surface area contributed by atoms with Crippen molar-refractivity contribution in [2.24, 2.45) is 0 Å². The zero-order valence-electron chi connectivity index (χ0n) is 9.34. The monoisotopic (exact) mass is 242 g/mol. The molecule has 0 unspecified atom stereocenters. The summed E-state index contributed by atoms with van der Waals surface area (Å²) in [6.07, 6.45) is -4.65. The minimum absolute atomic E-state index is 0.299.